The van der Waals surface area contributed by atoms with E-state index >= 15 is 0 Å². The number of carbonyl (C=O) groups is 2. The van der Waals surface area contributed by atoms with Crippen LogP contribution >= 0.6 is 0 Å². The number of primary amides is 2. The second kappa shape index (κ2) is 6.38. The summed E-state index contributed by atoms with van der Waals surface area (Å²) in [5, 5.41) is 0. The number of benzene rings is 3. The van der Waals surface area contributed by atoms with Crippen LogP contribution in [0.25, 0.3) is 22.3 Å². The molecule has 3 aromatic rings. The Hall–Kier alpha value is -3.40. The minimum atomic E-state index is -0.440. The Morgan fingerprint density at radius 3 is 1.25 bits per heavy atom. The summed E-state index contributed by atoms with van der Waals surface area (Å²) in [5.74, 6) is -0.880. The van der Waals surface area contributed by atoms with Crippen LogP contribution in [0.1, 0.15) is 20.7 Å². The van der Waals surface area contributed by atoms with E-state index in [-0.39, 0.29) is 0 Å². The summed E-state index contributed by atoms with van der Waals surface area (Å²) in [6, 6.07) is 22.4. The molecule has 0 aliphatic carbocycles. The first-order valence-electron chi connectivity index (χ1n) is 7.45. The van der Waals surface area contributed by atoms with Crippen molar-refractivity contribution < 1.29 is 9.59 Å². The summed E-state index contributed by atoms with van der Waals surface area (Å²) in [7, 11) is 0. The maximum absolute atomic E-state index is 11.2. The molecule has 24 heavy (non-hydrogen) atoms. The molecule has 4 nitrogen and oxygen atoms in total. The highest BCUT2D eigenvalue weighted by atomic mass is 16.1. The lowest BCUT2D eigenvalue weighted by atomic mass is 9.98. The predicted octanol–water partition coefficient (Wildman–Crippen LogP) is 3.22. The van der Waals surface area contributed by atoms with Crippen LogP contribution in [-0.2, 0) is 0 Å². The first-order valence-corrected chi connectivity index (χ1v) is 7.45. The Bertz CT molecular complexity index is 825. The van der Waals surface area contributed by atoms with Gasteiger partial charge in [-0.05, 0) is 52.6 Å². The molecule has 0 heterocycles. The largest absolute Gasteiger partial charge is 0.366 e. The van der Waals surface area contributed by atoms with E-state index in [1.54, 1.807) is 24.3 Å². The van der Waals surface area contributed by atoms with Crippen molar-refractivity contribution in [3.63, 3.8) is 0 Å². The summed E-state index contributed by atoms with van der Waals surface area (Å²) in [6.45, 7) is 0. The number of rotatable bonds is 4. The third-order valence-corrected chi connectivity index (χ3v) is 3.87. The fourth-order valence-corrected chi connectivity index (χ4v) is 2.53. The van der Waals surface area contributed by atoms with E-state index in [2.05, 4.69) is 6.07 Å². The normalized spacial score (nSPS) is 10.3. The van der Waals surface area contributed by atoms with Crippen molar-refractivity contribution in [3.05, 3.63) is 83.9 Å². The molecule has 3 rings (SSSR count). The maximum Gasteiger partial charge on any atom is 0.248 e. The molecule has 0 aromatic heterocycles. The molecule has 4 heteroatoms. The Morgan fingerprint density at radius 2 is 0.917 bits per heavy atom. The average Bonchev–Trinajstić information content (AvgIpc) is 2.62. The van der Waals surface area contributed by atoms with Crippen LogP contribution < -0.4 is 11.5 Å². The Kier molecular flexibility index (Phi) is 4.12. The summed E-state index contributed by atoms with van der Waals surface area (Å²) in [5.41, 5.74) is 15.5. The Labute approximate surface area is 139 Å². The fraction of sp³-hybridized carbons (Fsp3) is 0. The lowest BCUT2D eigenvalue weighted by molar-refractivity contribution is 0.0992. The van der Waals surface area contributed by atoms with Crippen molar-refractivity contribution in [1.82, 2.24) is 0 Å². The van der Waals surface area contributed by atoms with E-state index < -0.39 is 11.8 Å². The van der Waals surface area contributed by atoms with E-state index in [1.807, 2.05) is 42.5 Å². The number of nitrogens with two attached hydrogens (primary N) is 2. The molecule has 0 aliphatic heterocycles. The van der Waals surface area contributed by atoms with Gasteiger partial charge in [-0.15, -0.1) is 0 Å². The SMILES string of the molecule is NC(=O)c1ccc(-c2cccc(-c3ccc(C(N)=O)cc3)c2)cc1. The van der Waals surface area contributed by atoms with Gasteiger partial charge in [0.15, 0.2) is 0 Å². The molecular formula is C20H16N2O2. The van der Waals surface area contributed by atoms with Crippen LogP contribution in [0.5, 0.6) is 0 Å². The van der Waals surface area contributed by atoms with E-state index in [9.17, 15) is 9.59 Å². The van der Waals surface area contributed by atoms with Gasteiger partial charge in [-0.25, -0.2) is 0 Å². The van der Waals surface area contributed by atoms with Crippen LogP contribution in [0.3, 0.4) is 0 Å². The Balaban J connectivity index is 1.94. The monoisotopic (exact) mass is 316 g/mol. The van der Waals surface area contributed by atoms with Crippen LogP contribution in [0.2, 0.25) is 0 Å². The zero-order chi connectivity index (χ0) is 17.1. The van der Waals surface area contributed by atoms with Crippen LogP contribution in [0.15, 0.2) is 72.8 Å². The topological polar surface area (TPSA) is 86.2 Å². The molecule has 0 radical (unpaired) electrons. The predicted molar refractivity (Wildman–Crippen MR) is 94.3 cm³/mol. The molecule has 0 atom stereocenters. The molecule has 2 amide bonds. The summed E-state index contributed by atoms with van der Waals surface area (Å²) >= 11 is 0. The van der Waals surface area contributed by atoms with Crippen LogP contribution in [0.4, 0.5) is 0 Å². The zero-order valence-electron chi connectivity index (χ0n) is 12.9. The van der Waals surface area contributed by atoms with Gasteiger partial charge in [-0.3, -0.25) is 9.59 Å². The van der Waals surface area contributed by atoms with E-state index in [1.165, 1.54) is 0 Å². The van der Waals surface area contributed by atoms with Gasteiger partial charge in [-0.2, -0.15) is 0 Å². The van der Waals surface area contributed by atoms with Crippen molar-refractivity contribution in [2.45, 2.75) is 0 Å². The van der Waals surface area contributed by atoms with Gasteiger partial charge >= 0.3 is 0 Å². The fourth-order valence-electron chi connectivity index (χ4n) is 2.53. The van der Waals surface area contributed by atoms with E-state index in [4.69, 9.17) is 11.5 Å². The number of hydrogen-bond acceptors (Lipinski definition) is 2. The van der Waals surface area contributed by atoms with E-state index in [0.29, 0.717) is 11.1 Å². The molecule has 0 bridgehead atoms. The van der Waals surface area contributed by atoms with Gasteiger partial charge in [-0.1, -0.05) is 42.5 Å². The minimum Gasteiger partial charge on any atom is -0.366 e. The minimum absolute atomic E-state index is 0.440. The van der Waals surface area contributed by atoms with Gasteiger partial charge < -0.3 is 11.5 Å². The van der Waals surface area contributed by atoms with Crippen molar-refractivity contribution in [2.24, 2.45) is 11.5 Å². The van der Waals surface area contributed by atoms with Crippen LogP contribution in [0, 0.1) is 0 Å². The first kappa shape index (κ1) is 15.5. The number of carbonyl (C=O) groups excluding carboxylic acids is 2. The van der Waals surface area contributed by atoms with Gasteiger partial charge in [0.25, 0.3) is 0 Å². The van der Waals surface area contributed by atoms with Gasteiger partial charge in [0, 0.05) is 11.1 Å². The van der Waals surface area contributed by atoms with Gasteiger partial charge in [0.05, 0.1) is 0 Å². The lowest BCUT2D eigenvalue weighted by Crippen LogP contribution is -2.10. The zero-order valence-corrected chi connectivity index (χ0v) is 12.9. The molecule has 0 unspecified atom stereocenters. The van der Waals surface area contributed by atoms with Gasteiger partial charge in [0.1, 0.15) is 0 Å². The first-order chi connectivity index (χ1) is 11.5. The molecule has 0 fully saturated rings. The molecular weight excluding hydrogens is 300 g/mol. The molecule has 118 valence electrons. The molecule has 0 spiro atoms. The quantitative estimate of drug-likeness (QED) is 0.774. The number of hydrogen-bond donors (Lipinski definition) is 2. The van der Waals surface area contributed by atoms with E-state index in [0.717, 1.165) is 22.3 Å². The third-order valence-electron chi connectivity index (χ3n) is 3.87. The Morgan fingerprint density at radius 1 is 0.542 bits per heavy atom. The molecule has 0 aliphatic rings. The lowest BCUT2D eigenvalue weighted by Gasteiger charge is -2.07. The average molecular weight is 316 g/mol. The van der Waals surface area contributed by atoms with Gasteiger partial charge in [0.2, 0.25) is 11.8 Å². The highest BCUT2D eigenvalue weighted by Gasteiger charge is 2.05. The molecule has 0 saturated heterocycles. The summed E-state index contributed by atoms with van der Waals surface area (Å²) in [4.78, 5) is 22.3. The smallest absolute Gasteiger partial charge is 0.248 e. The van der Waals surface area contributed by atoms with Crippen molar-refractivity contribution in [3.8, 4) is 22.3 Å². The van der Waals surface area contributed by atoms with Crippen molar-refractivity contribution in [2.75, 3.05) is 0 Å². The summed E-state index contributed by atoms with van der Waals surface area (Å²) < 4.78 is 0. The molecule has 3 aromatic carbocycles. The highest BCUT2D eigenvalue weighted by Crippen LogP contribution is 2.26. The standard InChI is InChI=1S/C20H16N2O2/c21-19(23)15-8-4-13(5-9-15)17-2-1-3-18(12-17)14-6-10-16(11-7-14)20(22)24/h1-12H,(H2,21,23)(H2,22,24). The molecule has 4 N–H and O–H groups in total. The third kappa shape index (κ3) is 3.17. The highest BCUT2D eigenvalue weighted by molar-refractivity contribution is 5.94. The summed E-state index contributed by atoms with van der Waals surface area (Å²) in [6.07, 6.45) is 0. The molecule has 0 saturated carbocycles. The van der Waals surface area contributed by atoms with Crippen molar-refractivity contribution in [1.29, 1.82) is 0 Å². The second-order valence-electron chi connectivity index (χ2n) is 5.46. The number of amides is 2. The second-order valence-corrected chi connectivity index (χ2v) is 5.46. The van der Waals surface area contributed by atoms with Crippen LogP contribution in [-0.4, -0.2) is 11.8 Å². The maximum atomic E-state index is 11.2. The van der Waals surface area contributed by atoms with Crippen molar-refractivity contribution >= 4 is 11.8 Å².